The Labute approximate surface area is 124 Å². The van der Waals surface area contributed by atoms with Crippen molar-refractivity contribution in [2.24, 2.45) is 10.4 Å². The Morgan fingerprint density at radius 1 is 1.09 bits per heavy atom. The van der Waals surface area contributed by atoms with Crippen molar-refractivity contribution in [3.8, 4) is 11.5 Å². The summed E-state index contributed by atoms with van der Waals surface area (Å²) in [4.78, 5) is 33.8. The quantitative estimate of drug-likeness (QED) is 0.865. The van der Waals surface area contributed by atoms with Crippen molar-refractivity contribution in [3.05, 3.63) is 57.3 Å². The van der Waals surface area contributed by atoms with E-state index in [1.807, 2.05) is 0 Å². The Bertz CT molecular complexity index is 770. The van der Waals surface area contributed by atoms with Gasteiger partial charge in [0, 0.05) is 6.07 Å². The van der Waals surface area contributed by atoms with E-state index in [1.165, 1.54) is 18.2 Å². The maximum atomic E-state index is 12.3. The largest absolute Gasteiger partial charge is 0.508 e. The van der Waals surface area contributed by atoms with Crippen LogP contribution in [0.3, 0.4) is 0 Å². The van der Waals surface area contributed by atoms with Crippen LogP contribution in [-0.4, -0.2) is 10.9 Å². The Morgan fingerprint density at radius 2 is 1.82 bits per heavy atom. The topological polar surface area (TPSA) is 105 Å². The highest BCUT2D eigenvalue weighted by Gasteiger charge is 2.31. The van der Waals surface area contributed by atoms with Crippen LogP contribution in [0.4, 0.5) is 11.4 Å². The number of carbonyl (C=O) groups is 1. The van der Waals surface area contributed by atoms with E-state index in [9.17, 15) is 19.7 Å². The number of hydrogen-bond donors (Lipinski definition) is 1. The third kappa shape index (κ3) is 2.32. The fourth-order valence-corrected chi connectivity index (χ4v) is 2.42. The molecule has 3 rings (SSSR count). The number of hydrogen-bond acceptors (Lipinski definition) is 7. The van der Waals surface area contributed by atoms with Gasteiger partial charge in [-0.05, 0) is 34.1 Å². The molecule has 1 aliphatic rings. The first kappa shape index (κ1) is 13.9. The first-order valence-electron chi connectivity index (χ1n) is 6.46. The van der Waals surface area contributed by atoms with E-state index in [0.29, 0.717) is 5.56 Å². The van der Waals surface area contributed by atoms with E-state index in [-0.39, 0.29) is 40.6 Å². The number of carbonyl (C=O) groups excluding carboxylic acids is 1. The van der Waals surface area contributed by atoms with Crippen LogP contribution in [0.25, 0.3) is 0 Å². The Balaban J connectivity index is 2.04. The molecule has 7 nitrogen and oxygen atoms in total. The summed E-state index contributed by atoms with van der Waals surface area (Å²) in [6.07, 6.45) is -0.532. The fraction of sp³-hybridized carbons (Fsp3) is 0.133. The molecular weight excluding hydrogens is 288 g/mol. The lowest BCUT2D eigenvalue weighted by atomic mass is 9.95. The minimum absolute atomic E-state index is 0.0347. The molecule has 110 valence electrons. The highest BCUT2D eigenvalue weighted by molar-refractivity contribution is 6.05. The van der Waals surface area contributed by atoms with Gasteiger partial charge >= 0.3 is 0 Å². The molecule has 0 saturated heterocycles. The molecule has 7 heteroatoms. The summed E-state index contributed by atoms with van der Waals surface area (Å²) in [5.74, 6) is -0.0847. The molecule has 0 fully saturated rings. The molecule has 0 bridgehead atoms. The number of phenols is 1. The lowest BCUT2D eigenvalue weighted by molar-refractivity contribution is 0.0851. The predicted molar refractivity (Wildman–Crippen MR) is 77.8 cm³/mol. The summed E-state index contributed by atoms with van der Waals surface area (Å²) in [7, 11) is 0. The lowest BCUT2D eigenvalue weighted by Crippen LogP contribution is -2.20. The average molecular weight is 298 g/mol. The van der Waals surface area contributed by atoms with Gasteiger partial charge in [0.25, 0.3) is 0 Å². The molecule has 1 atom stereocenters. The van der Waals surface area contributed by atoms with Gasteiger partial charge in [0.05, 0.1) is 12.0 Å². The second kappa shape index (κ2) is 5.36. The summed E-state index contributed by atoms with van der Waals surface area (Å²) >= 11 is 0. The molecule has 1 unspecified atom stereocenters. The molecule has 0 aromatic heterocycles. The van der Waals surface area contributed by atoms with Gasteiger partial charge in [-0.3, -0.25) is 4.79 Å². The van der Waals surface area contributed by atoms with E-state index in [1.54, 1.807) is 12.1 Å². The SMILES string of the molecule is O=Nc1cc(N=O)c2c(c1)OC(c1ccc(O)cc1)CC2=O. The normalized spacial score (nSPS) is 16.5. The molecule has 1 N–H and O–H groups in total. The smallest absolute Gasteiger partial charge is 0.172 e. The van der Waals surface area contributed by atoms with Crippen molar-refractivity contribution in [3.63, 3.8) is 0 Å². The zero-order valence-electron chi connectivity index (χ0n) is 11.2. The number of Topliss-reactive ketones (excluding diaryl/α,β-unsaturated/α-hetero) is 1. The molecule has 1 aliphatic heterocycles. The molecule has 0 aliphatic carbocycles. The molecule has 1 heterocycles. The van der Waals surface area contributed by atoms with Gasteiger partial charge in [-0.25, -0.2) is 0 Å². The minimum atomic E-state index is -0.568. The fourth-order valence-electron chi connectivity index (χ4n) is 2.42. The van der Waals surface area contributed by atoms with Crippen molar-refractivity contribution in [2.75, 3.05) is 0 Å². The van der Waals surface area contributed by atoms with Crippen molar-refractivity contribution in [1.29, 1.82) is 0 Å². The Morgan fingerprint density at radius 3 is 2.45 bits per heavy atom. The molecule has 0 amide bonds. The Kier molecular flexibility index (Phi) is 3.38. The van der Waals surface area contributed by atoms with E-state index >= 15 is 0 Å². The van der Waals surface area contributed by atoms with Crippen LogP contribution < -0.4 is 4.74 Å². The van der Waals surface area contributed by atoms with Gasteiger partial charge in [0.15, 0.2) is 5.78 Å². The second-order valence-electron chi connectivity index (χ2n) is 4.85. The zero-order valence-corrected chi connectivity index (χ0v) is 11.2. The molecule has 22 heavy (non-hydrogen) atoms. The number of nitroso groups, excluding NO2 is 2. The highest BCUT2D eigenvalue weighted by atomic mass is 16.5. The number of aromatic hydroxyl groups is 1. The first-order valence-corrected chi connectivity index (χ1v) is 6.46. The van der Waals surface area contributed by atoms with Crippen LogP contribution in [0, 0.1) is 9.81 Å². The summed E-state index contributed by atoms with van der Waals surface area (Å²) < 4.78 is 5.71. The van der Waals surface area contributed by atoms with E-state index in [4.69, 9.17) is 4.74 Å². The van der Waals surface area contributed by atoms with Crippen LogP contribution in [0.2, 0.25) is 0 Å². The van der Waals surface area contributed by atoms with Crippen LogP contribution in [-0.2, 0) is 0 Å². The molecule has 0 radical (unpaired) electrons. The lowest BCUT2D eigenvalue weighted by Gasteiger charge is -2.26. The number of rotatable bonds is 3. The summed E-state index contributed by atoms with van der Waals surface area (Å²) in [6.45, 7) is 0. The van der Waals surface area contributed by atoms with Crippen LogP contribution >= 0.6 is 0 Å². The van der Waals surface area contributed by atoms with Gasteiger partial charge in [-0.2, -0.15) is 0 Å². The molecule has 2 aromatic rings. The maximum absolute atomic E-state index is 12.3. The van der Waals surface area contributed by atoms with Gasteiger partial charge in [0.1, 0.15) is 29.0 Å². The molecule has 2 aromatic carbocycles. The van der Waals surface area contributed by atoms with Crippen LogP contribution in [0.5, 0.6) is 11.5 Å². The third-order valence-corrected chi connectivity index (χ3v) is 3.45. The zero-order chi connectivity index (χ0) is 15.7. The summed E-state index contributed by atoms with van der Waals surface area (Å²) in [5, 5.41) is 14.8. The van der Waals surface area contributed by atoms with Gasteiger partial charge in [-0.1, -0.05) is 12.1 Å². The van der Waals surface area contributed by atoms with Crippen molar-refractivity contribution in [2.45, 2.75) is 12.5 Å². The van der Waals surface area contributed by atoms with Crippen LogP contribution in [0.1, 0.15) is 28.4 Å². The van der Waals surface area contributed by atoms with Crippen molar-refractivity contribution < 1.29 is 14.6 Å². The number of phenolic OH excluding ortho intramolecular Hbond substituents is 1. The second-order valence-corrected chi connectivity index (χ2v) is 4.85. The number of ether oxygens (including phenoxy) is 1. The van der Waals surface area contributed by atoms with Crippen molar-refractivity contribution in [1.82, 2.24) is 0 Å². The van der Waals surface area contributed by atoms with E-state index in [2.05, 4.69) is 10.4 Å². The van der Waals surface area contributed by atoms with Gasteiger partial charge in [0.2, 0.25) is 0 Å². The van der Waals surface area contributed by atoms with Crippen LogP contribution in [0.15, 0.2) is 46.8 Å². The number of benzene rings is 2. The first-order chi connectivity index (χ1) is 10.6. The van der Waals surface area contributed by atoms with Gasteiger partial charge in [-0.15, -0.1) is 9.81 Å². The molecule has 0 saturated carbocycles. The van der Waals surface area contributed by atoms with E-state index in [0.717, 1.165) is 6.07 Å². The van der Waals surface area contributed by atoms with E-state index < -0.39 is 6.10 Å². The van der Waals surface area contributed by atoms with Crippen molar-refractivity contribution >= 4 is 17.2 Å². The predicted octanol–water partition coefficient (Wildman–Crippen LogP) is 3.89. The third-order valence-electron chi connectivity index (χ3n) is 3.45. The molecule has 0 spiro atoms. The highest BCUT2D eigenvalue weighted by Crippen LogP contribution is 2.42. The number of fused-ring (bicyclic) bond motifs is 1. The average Bonchev–Trinajstić information content (AvgIpc) is 2.54. The number of nitrogens with zero attached hydrogens (tertiary/aromatic N) is 2. The Hall–Kier alpha value is -3.09. The summed E-state index contributed by atoms with van der Waals surface area (Å²) in [6, 6.07) is 8.71. The molecular formula is C15H10N2O5. The number of ketones is 1. The summed E-state index contributed by atoms with van der Waals surface area (Å²) in [5.41, 5.74) is 0.577. The maximum Gasteiger partial charge on any atom is 0.172 e. The minimum Gasteiger partial charge on any atom is -0.508 e. The monoisotopic (exact) mass is 298 g/mol. The standard InChI is InChI=1S/C15H10N2O5/c18-10-3-1-8(2-4-10)13-7-12(19)15-11(17-21)5-9(16-20)6-14(15)22-13/h1-6,13,18H,7H2. The van der Waals surface area contributed by atoms with Gasteiger partial charge < -0.3 is 9.84 Å².